The predicted octanol–water partition coefficient (Wildman–Crippen LogP) is 1.87. The van der Waals surface area contributed by atoms with E-state index in [2.05, 4.69) is 23.8 Å². The third-order valence-electron chi connectivity index (χ3n) is 4.08. The van der Waals surface area contributed by atoms with Crippen molar-refractivity contribution in [3.05, 3.63) is 35.9 Å². The molecule has 20 heavy (non-hydrogen) atoms. The van der Waals surface area contributed by atoms with Crippen LogP contribution in [0.5, 0.6) is 0 Å². The molecule has 1 N–H and O–H groups in total. The van der Waals surface area contributed by atoms with Gasteiger partial charge in [-0.15, -0.1) is 0 Å². The summed E-state index contributed by atoms with van der Waals surface area (Å²) in [6, 6.07) is 10.5. The summed E-state index contributed by atoms with van der Waals surface area (Å²) in [5, 5.41) is 10.7. The van der Waals surface area contributed by atoms with E-state index in [0.29, 0.717) is 6.04 Å². The van der Waals surface area contributed by atoms with Gasteiger partial charge in [-0.2, -0.15) is 0 Å². The number of aromatic nitrogens is 1. The molecule has 0 saturated carbocycles. The molecular formula is C16H21N3O. The quantitative estimate of drug-likeness (QED) is 0.905. The first-order valence-corrected chi connectivity index (χ1v) is 7.13. The molecule has 0 spiro atoms. The van der Waals surface area contributed by atoms with Crippen LogP contribution in [0.25, 0.3) is 10.9 Å². The maximum atomic E-state index is 9.61. The number of rotatable bonds is 2. The topological polar surface area (TPSA) is 39.6 Å². The van der Waals surface area contributed by atoms with Crippen LogP contribution in [0, 0.1) is 0 Å². The van der Waals surface area contributed by atoms with Crippen LogP contribution < -0.4 is 4.90 Å². The van der Waals surface area contributed by atoms with Gasteiger partial charge in [0.2, 0.25) is 0 Å². The maximum Gasteiger partial charge on any atom is 0.129 e. The highest BCUT2D eigenvalue weighted by atomic mass is 16.3. The molecule has 1 unspecified atom stereocenters. The lowest BCUT2D eigenvalue weighted by molar-refractivity contribution is 0.273. The number of fused-ring (bicyclic) bond motifs is 1. The second-order valence-electron chi connectivity index (χ2n) is 5.62. The van der Waals surface area contributed by atoms with Crippen molar-refractivity contribution in [2.24, 2.45) is 0 Å². The van der Waals surface area contributed by atoms with E-state index in [4.69, 9.17) is 4.98 Å². The van der Waals surface area contributed by atoms with Crippen molar-refractivity contribution in [1.82, 2.24) is 9.88 Å². The summed E-state index contributed by atoms with van der Waals surface area (Å²) >= 11 is 0. The molecule has 2 heterocycles. The molecule has 3 rings (SSSR count). The highest BCUT2D eigenvalue weighted by molar-refractivity contribution is 5.84. The van der Waals surface area contributed by atoms with E-state index in [9.17, 15) is 5.11 Å². The molecule has 1 aliphatic heterocycles. The minimum absolute atomic E-state index is 0.0537. The Kier molecular flexibility index (Phi) is 3.59. The van der Waals surface area contributed by atoms with Crippen molar-refractivity contribution in [2.45, 2.75) is 19.6 Å². The highest BCUT2D eigenvalue weighted by Crippen LogP contribution is 2.25. The Balaban J connectivity index is 2.03. The normalized spacial score (nSPS) is 20.6. The number of aliphatic hydroxyl groups is 1. The van der Waals surface area contributed by atoms with Gasteiger partial charge in [0.05, 0.1) is 12.1 Å². The monoisotopic (exact) mass is 271 g/mol. The second kappa shape index (κ2) is 5.38. The number of hydrogen-bond donors (Lipinski definition) is 1. The third kappa shape index (κ3) is 2.37. The van der Waals surface area contributed by atoms with Crippen LogP contribution in [-0.2, 0) is 6.61 Å². The van der Waals surface area contributed by atoms with Gasteiger partial charge in [0.25, 0.3) is 0 Å². The van der Waals surface area contributed by atoms with Crippen LogP contribution in [0.3, 0.4) is 0 Å². The minimum atomic E-state index is 0.0537. The number of nitrogens with zero attached hydrogens (tertiary/aromatic N) is 3. The fraction of sp³-hybridized carbons (Fsp3) is 0.438. The number of para-hydroxylation sites is 1. The van der Waals surface area contributed by atoms with Gasteiger partial charge in [-0.3, -0.25) is 0 Å². The van der Waals surface area contributed by atoms with E-state index >= 15 is 0 Å². The van der Waals surface area contributed by atoms with E-state index in [1.807, 2.05) is 30.3 Å². The number of benzene rings is 1. The van der Waals surface area contributed by atoms with E-state index in [-0.39, 0.29) is 6.61 Å². The molecule has 4 heteroatoms. The zero-order valence-electron chi connectivity index (χ0n) is 12.1. The second-order valence-corrected chi connectivity index (χ2v) is 5.62. The first kappa shape index (κ1) is 13.3. The first-order chi connectivity index (χ1) is 9.69. The molecule has 1 atom stereocenters. The molecule has 1 fully saturated rings. The van der Waals surface area contributed by atoms with Crippen molar-refractivity contribution in [3.8, 4) is 0 Å². The lowest BCUT2D eigenvalue weighted by Crippen LogP contribution is -2.50. The molecule has 2 aromatic rings. The van der Waals surface area contributed by atoms with E-state index in [0.717, 1.165) is 41.9 Å². The van der Waals surface area contributed by atoms with E-state index < -0.39 is 0 Å². The number of pyridine rings is 1. The average molecular weight is 271 g/mol. The van der Waals surface area contributed by atoms with Crippen LogP contribution in [-0.4, -0.2) is 47.7 Å². The third-order valence-corrected chi connectivity index (χ3v) is 4.08. The first-order valence-electron chi connectivity index (χ1n) is 7.13. The molecule has 4 nitrogen and oxygen atoms in total. The van der Waals surface area contributed by atoms with Crippen LogP contribution in [0.1, 0.15) is 12.5 Å². The largest absolute Gasteiger partial charge is 0.392 e. The Bertz CT molecular complexity index is 614. The van der Waals surface area contributed by atoms with E-state index in [1.165, 1.54) is 0 Å². The van der Waals surface area contributed by atoms with Gasteiger partial charge in [0, 0.05) is 31.1 Å². The van der Waals surface area contributed by atoms with Crippen LogP contribution in [0.4, 0.5) is 5.82 Å². The van der Waals surface area contributed by atoms with Gasteiger partial charge in [0.15, 0.2) is 0 Å². The molecule has 0 amide bonds. The van der Waals surface area contributed by atoms with Crippen LogP contribution >= 0.6 is 0 Å². The molecule has 1 aromatic heterocycles. The van der Waals surface area contributed by atoms with Gasteiger partial charge in [0.1, 0.15) is 5.82 Å². The Morgan fingerprint density at radius 1 is 1.30 bits per heavy atom. The number of hydrogen-bond acceptors (Lipinski definition) is 4. The molecule has 1 saturated heterocycles. The van der Waals surface area contributed by atoms with Gasteiger partial charge in [-0.05, 0) is 31.7 Å². The average Bonchev–Trinajstić information content (AvgIpc) is 2.46. The zero-order chi connectivity index (χ0) is 14.1. The zero-order valence-corrected chi connectivity index (χ0v) is 12.1. The molecule has 0 radical (unpaired) electrons. The molecule has 106 valence electrons. The summed E-state index contributed by atoms with van der Waals surface area (Å²) < 4.78 is 0. The minimum Gasteiger partial charge on any atom is -0.392 e. The Hall–Kier alpha value is -1.65. The van der Waals surface area contributed by atoms with Crippen LogP contribution in [0.15, 0.2) is 30.3 Å². The van der Waals surface area contributed by atoms with Crippen LogP contribution in [0.2, 0.25) is 0 Å². The summed E-state index contributed by atoms with van der Waals surface area (Å²) in [5.74, 6) is 0.980. The summed E-state index contributed by atoms with van der Waals surface area (Å²) in [6.45, 7) is 5.35. The Morgan fingerprint density at radius 2 is 2.10 bits per heavy atom. The summed E-state index contributed by atoms with van der Waals surface area (Å²) in [7, 11) is 2.15. The molecule has 0 bridgehead atoms. The number of likely N-dealkylation sites (N-methyl/N-ethyl adjacent to an activating group) is 1. The SMILES string of the molecule is CC1CN(C)CCN1c1cc(CO)c2ccccc2n1. The number of aliphatic hydroxyl groups excluding tert-OH is 1. The van der Waals surface area contributed by atoms with Crippen molar-refractivity contribution in [1.29, 1.82) is 0 Å². The maximum absolute atomic E-state index is 9.61. The predicted molar refractivity (Wildman–Crippen MR) is 82.0 cm³/mol. The van der Waals surface area contributed by atoms with Gasteiger partial charge < -0.3 is 14.9 Å². The van der Waals surface area contributed by atoms with E-state index in [1.54, 1.807) is 0 Å². The van der Waals surface area contributed by atoms with Crippen molar-refractivity contribution in [3.63, 3.8) is 0 Å². The Labute approximate surface area is 119 Å². The van der Waals surface area contributed by atoms with Gasteiger partial charge >= 0.3 is 0 Å². The lowest BCUT2D eigenvalue weighted by Gasteiger charge is -2.39. The Morgan fingerprint density at radius 3 is 2.85 bits per heavy atom. The molecule has 1 aromatic carbocycles. The highest BCUT2D eigenvalue weighted by Gasteiger charge is 2.23. The van der Waals surface area contributed by atoms with Crippen molar-refractivity contribution in [2.75, 3.05) is 31.6 Å². The molecule has 0 aliphatic carbocycles. The molecular weight excluding hydrogens is 250 g/mol. The summed E-state index contributed by atoms with van der Waals surface area (Å²) in [5.41, 5.74) is 1.91. The number of piperazine rings is 1. The summed E-state index contributed by atoms with van der Waals surface area (Å²) in [4.78, 5) is 9.46. The number of anilines is 1. The van der Waals surface area contributed by atoms with Crippen molar-refractivity contribution >= 4 is 16.7 Å². The molecule has 1 aliphatic rings. The fourth-order valence-electron chi connectivity index (χ4n) is 2.99. The fourth-order valence-corrected chi connectivity index (χ4v) is 2.99. The standard InChI is InChI=1S/C16H21N3O/c1-12-10-18(2)7-8-19(12)16-9-13(11-20)14-5-3-4-6-15(14)17-16/h3-6,9,12,20H,7-8,10-11H2,1-2H3. The van der Waals surface area contributed by atoms with Gasteiger partial charge in [-0.1, -0.05) is 18.2 Å². The lowest BCUT2D eigenvalue weighted by atomic mass is 10.1. The van der Waals surface area contributed by atoms with Crippen molar-refractivity contribution < 1.29 is 5.11 Å². The summed E-state index contributed by atoms with van der Waals surface area (Å²) in [6.07, 6.45) is 0. The smallest absolute Gasteiger partial charge is 0.129 e. The van der Waals surface area contributed by atoms with Gasteiger partial charge in [-0.25, -0.2) is 4.98 Å².